The van der Waals surface area contributed by atoms with Gasteiger partial charge in [0.15, 0.2) is 11.5 Å². The molecule has 0 saturated carbocycles. The zero-order chi connectivity index (χ0) is 19.8. The van der Waals surface area contributed by atoms with Crippen molar-refractivity contribution in [3.05, 3.63) is 48.3 Å². The first-order chi connectivity index (χ1) is 14.2. The van der Waals surface area contributed by atoms with E-state index in [4.69, 9.17) is 14.5 Å². The largest absolute Gasteiger partial charge is 0.485 e. The zero-order valence-corrected chi connectivity index (χ0v) is 16.4. The molecule has 7 heteroatoms. The molecule has 1 saturated heterocycles. The molecular formula is C22H24N4O3. The van der Waals surface area contributed by atoms with Gasteiger partial charge in [-0.2, -0.15) is 0 Å². The first-order valence-electron chi connectivity index (χ1n) is 10.0. The maximum Gasteiger partial charge on any atom is 0.269 e. The Balaban J connectivity index is 1.31. The molecule has 0 radical (unpaired) electrons. The average molecular weight is 392 g/mol. The molecule has 1 aromatic heterocycles. The van der Waals surface area contributed by atoms with Crippen molar-refractivity contribution < 1.29 is 14.3 Å². The van der Waals surface area contributed by atoms with Crippen molar-refractivity contribution in [2.75, 3.05) is 25.0 Å². The first-order valence-corrected chi connectivity index (χ1v) is 10.0. The Bertz CT molecular complexity index is 1060. The summed E-state index contributed by atoms with van der Waals surface area (Å²) in [6.45, 7) is 3.32. The van der Waals surface area contributed by atoms with Crippen molar-refractivity contribution in [1.82, 2.24) is 14.5 Å². The SMILES string of the molecule is Cn1c(CN2CCCC2)nc2cc(NC(=O)[C@H]3COc4ccccc4O3)ccc21. The summed E-state index contributed by atoms with van der Waals surface area (Å²) >= 11 is 0. The molecule has 1 atom stereocenters. The summed E-state index contributed by atoms with van der Waals surface area (Å²) in [6.07, 6.45) is 1.84. The monoisotopic (exact) mass is 392 g/mol. The summed E-state index contributed by atoms with van der Waals surface area (Å²) in [5, 5.41) is 2.93. The number of nitrogens with one attached hydrogen (secondary N) is 1. The number of imidazole rings is 1. The van der Waals surface area contributed by atoms with Crippen molar-refractivity contribution in [2.45, 2.75) is 25.5 Å². The van der Waals surface area contributed by atoms with Gasteiger partial charge in [0, 0.05) is 12.7 Å². The van der Waals surface area contributed by atoms with Gasteiger partial charge in [-0.05, 0) is 56.3 Å². The molecule has 3 aromatic rings. The minimum absolute atomic E-state index is 0.189. The van der Waals surface area contributed by atoms with Crippen LogP contribution in [0.5, 0.6) is 11.5 Å². The molecule has 7 nitrogen and oxygen atoms in total. The van der Waals surface area contributed by atoms with E-state index in [2.05, 4.69) is 14.8 Å². The van der Waals surface area contributed by atoms with Crippen LogP contribution in [0.25, 0.3) is 11.0 Å². The van der Waals surface area contributed by atoms with Crippen LogP contribution >= 0.6 is 0 Å². The van der Waals surface area contributed by atoms with Crippen LogP contribution in [0.4, 0.5) is 5.69 Å². The van der Waals surface area contributed by atoms with E-state index >= 15 is 0 Å². The van der Waals surface area contributed by atoms with E-state index < -0.39 is 6.10 Å². The van der Waals surface area contributed by atoms with Gasteiger partial charge in [-0.25, -0.2) is 4.98 Å². The minimum Gasteiger partial charge on any atom is -0.485 e. The number of aromatic nitrogens is 2. The van der Waals surface area contributed by atoms with Gasteiger partial charge in [-0.15, -0.1) is 0 Å². The third-order valence-electron chi connectivity index (χ3n) is 5.61. The fourth-order valence-electron chi connectivity index (χ4n) is 3.98. The molecule has 150 valence electrons. The van der Waals surface area contributed by atoms with Gasteiger partial charge in [0.2, 0.25) is 6.10 Å². The van der Waals surface area contributed by atoms with Gasteiger partial charge >= 0.3 is 0 Å². The van der Waals surface area contributed by atoms with Gasteiger partial charge in [0.1, 0.15) is 12.4 Å². The summed E-state index contributed by atoms with van der Waals surface area (Å²) in [6, 6.07) is 13.2. The lowest BCUT2D eigenvalue weighted by Crippen LogP contribution is -2.40. The highest BCUT2D eigenvalue weighted by atomic mass is 16.6. The van der Waals surface area contributed by atoms with E-state index in [-0.39, 0.29) is 12.5 Å². The fraction of sp³-hybridized carbons (Fsp3) is 0.364. The van der Waals surface area contributed by atoms with Gasteiger partial charge in [-0.3, -0.25) is 9.69 Å². The molecule has 2 aromatic carbocycles. The molecule has 1 amide bonds. The number of hydrogen-bond donors (Lipinski definition) is 1. The van der Waals surface area contributed by atoms with E-state index in [9.17, 15) is 4.79 Å². The van der Waals surface area contributed by atoms with E-state index in [0.29, 0.717) is 17.2 Å². The second kappa shape index (κ2) is 7.40. The van der Waals surface area contributed by atoms with Gasteiger partial charge in [-0.1, -0.05) is 12.1 Å². The normalized spacial score (nSPS) is 18.9. The number of amides is 1. The molecule has 5 rings (SSSR count). The van der Waals surface area contributed by atoms with Crippen LogP contribution in [0.3, 0.4) is 0 Å². The molecule has 0 unspecified atom stereocenters. The second-order valence-corrected chi connectivity index (χ2v) is 7.63. The van der Waals surface area contributed by atoms with Crippen LogP contribution in [-0.4, -0.2) is 46.2 Å². The standard InChI is InChI=1S/C22H24N4O3/c1-25-17-9-8-15(12-16(17)24-21(25)13-26-10-4-5-11-26)23-22(27)20-14-28-18-6-2-3-7-19(18)29-20/h2-3,6-9,12,20H,4-5,10-11,13-14H2,1H3,(H,23,27)/t20-/m1/s1. The Morgan fingerprint density at radius 2 is 1.97 bits per heavy atom. The van der Waals surface area contributed by atoms with Crippen molar-refractivity contribution >= 4 is 22.6 Å². The number of rotatable bonds is 4. The predicted octanol–water partition coefficient (Wildman–Crippen LogP) is 2.95. The van der Waals surface area contributed by atoms with E-state index in [1.54, 1.807) is 6.07 Å². The summed E-state index contributed by atoms with van der Waals surface area (Å²) in [5.74, 6) is 2.07. The topological polar surface area (TPSA) is 68.6 Å². The number of benzene rings is 2. The Morgan fingerprint density at radius 3 is 2.79 bits per heavy atom. The number of likely N-dealkylation sites (tertiary alicyclic amines) is 1. The summed E-state index contributed by atoms with van der Waals surface area (Å²) in [4.78, 5) is 19.9. The maximum atomic E-state index is 12.7. The number of carbonyl (C=O) groups excluding carboxylic acids is 1. The van der Waals surface area contributed by atoms with Crippen LogP contribution in [0.1, 0.15) is 18.7 Å². The number of aryl methyl sites for hydroxylation is 1. The molecule has 1 fully saturated rings. The molecule has 0 bridgehead atoms. The van der Waals surface area contributed by atoms with Crippen LogP contribution < -0.4 is 14.8 Å². The molecular weight excluding hydrogens is 368 g/mol. The number of anilines is 1. The lowest BCUT2D eigenvalue weighted by atomic mass is 10.2. The van der Waals surface area contributed by atoms with E-state index in [1.807, 2.05) is 43.4 Å². The zero-order valence-electron chi connectivity index (χ0n) is 16.4. The van der Waals surface area contributed by atoms with E-state index in [1.165, 1.54) is 12.8 Å². The van der Waals surface area contributed by atoms with Crippen LogP contribution in [0, 0.1) is 0 Å². The molecule has 0 spiro atoms. The fourth-order valence-corrected chi connectivity index (χ4v) is 3.98. The highest BCUT2D eigenvalue weighted by Crippen LogP contribution is 2.31. The smallest absolute Gasteiger partial charge is 0.269 e. The van der Waals surface area contributed by atoms with Gasteiger partial charge < -0.3 is 19.4 Å². The first kappa shape index (κ1) is 18.0. The van der Waals surface area contributed by atoms with Gasteiger partial charge in [0.25, 0.3) is 5.91 Å². The minimum atomic E-state index is -0.685. The molecule has 2 aliphatic rings. The predicted molar refractivity (Wildman–Crippen MR) is 110 cm³/mol. The Morgan fingerprint density at radius 1 is 1.17 bits per heavy atom. The van der Waals surface area contributed by atoms with Crippen molar-refractivity contribution in [2.24, 2.45) is 7.05 Å². The average Bonchev–Trinajstić information content (AvgIpc) is 3.36. The van der Waals surface area contributed by atoms with Crippen molar-refractivity contribution in [3.8, 4) is 11.5 Å². The highest BCUT2D eigenvalue weighted by Gasteiger charge is 2.27. The third-order valence-corrected chi connectivity index (χ3v) is 5.61. The van der Waals surface area contributed by atoms with Crippen LogP contribution in [0.2, 0.25) is 0 Å². The van der Waals surface area contributed by atoms with Crippen molar-refractivity contribution in [3.63, 3.8) is 0 Å². The molecule has 0 aliphatic carbocycles. The Labute approximate surface area is 169 Å². The second-order valence-electron chi connectivity index (χ2n) is 7.63. The van der Waals surface area contributed by atoms with E-state index in [0.717, 1.165) is 36.5 Å². The van der Waals surface area contributed by atoms with Gasteiger partial charge in [0.05, 0.1) is 17.6 Å². The number of ether oxygens (including phenoxy) is 2. The van der Waals surface area contributed by atoms with Crippen LogP contribution in [0.15, 0.2) is 42.5 Å². The number of carbonyl (C=O) groups is 1. The molecule has 3 heterocycles. The molecule has 29 heavy (non-hydrogen) atoms. The molecule has 1 N–H and O–H groups in total. The third kappa shape index (κ3) is 3.53. The Kier molecular flexibility index (Phi) is 4.60. The van der Waals surface area contributed by atoms with Crippen molar-refractivity contribution in [1.29, 1.82) is 0 Å². The number of nitrogens with zero attached hydrogens (tertiary/aromatic N) is 3. The maximum absolute atomic E-state index is 12.7. The quantitative estimate of drug-likeness (QED) is 0.739. The number of hydrogen-bond acceptors (Lipinski definition) is 5. The summed E-state index contributed by atoms with van der Waals surface area (Å²) in [7, 11) is 2.05. The highest BCUT2D eigenvalue weighted by molar-refractivity contribution is 5.96. The number of fused-ring (bicyclic) bond motifs is 2. The lowest BCUT2D eigenvalue weighted by Gasteiger charge is -2.25. The Hall–Kier alpha value is -3.06. The summed E-state index contributed by atoms with van der Waals surface area (Å²) < 4.78 is 13.6. The number of para-hydroxylation sites is 2. The summed E-state index contributed by atoms with van der Waals surface area (Å²) in [5.41, 5.74) is 2.64. The van der Waals surface area contributed by atoms with Crippen LogP contribution in [-0.2, 0) is 18.4 Å². The lowest BCUT2D eigenvalue weighted by molar-refractivity contribution is -0.125. The molecule has 2 aliphatic heterocycles.